The smallest absolute Gasteiger partial charge is 0.133 e. The molecule has 0 saturated carbocycles. The summed E-state index contributed by atoms with van der Waals surface area (Å²) in [6.45, 7) is 12.5. The number of nitrogens with zero attached hydrogens (tertiary/aromatic N) is 4. The third-order valence-electron chi connectivity index (χ3n) is 5.40. The summed E-state index contributed by atoms with van der Waals surface area (Å²) in [5.74, 6) is 1.98. The van der Waals surface area contributed by atoms with E-state index in [1.165, 1.54) is 50.3 Å². The van der Waals surface area contributed by atoms with Crippen molar-refractivity contribution in [2.24, 2.45) is 0 Å². The van der Waals surface area contributed by atoms with E-state index in [1.54, 1.807) is 0 Å². The second kappa shape index (κ2) is 7.36. The average molecular weight is 332 g/mol. The van der Waals surface area contributed by atoms with E-state index in [0.717, 1.165) is 37.4 Å². The van der Waals surface area contributed by atoms with Gasteiger partial charge in [-0.25, -0.2) is 9.97 Å². The number of rotatable bonds is 5. The Morgan fingerprint density at radius 2 is 1.75 bits per heavy atom. The van der Waals surface area contributed by atoms with E-state index in [9.17, 15) is 0 Å². The molecule has 0 unspecified atom stereocenters. The van der Waals surface area contributed by atoms with Crippen LogP contribution >= 0.6 is 0 Å². The summed E-state index contributed by atoms with van der Waals surface area (Å²) in [6.07, 6.45) is 5.88. The fraction of sp³-hybridized carbons (Fsp3) is 0.789. The van der Waals surface area contributed by atoms with Crippen LogP contribution in [-0.2, 0) is 12.8 Å². The molecule has 134 valence electrons. The van der Waals surface area contributed by atoms with E-state index < -0.39 is 0 Å². The number of anilines is 1. The van der Waals surface area contributed by atoms with E-state index in [4.69, 9.17) is 4.98 Å². The molecule has 1 aromatic heterocycles. The van der Waals surface area contributed by atoms with Gasteiger partial charge >= 0.3 is 0 Å². The normalized spacial score (nSPS) is 20.0. The number of fused-ring (bicyclic) bond motifs is 1. The molecule has 5 nitrogen and oxygen atoms in total. The van der Waals surface area contributed by atoms with Crippen LogP contribution in [0, 0.1) is 6.92 Å². The molecule has 0 radical (unpaired) electrons. The third kappa shape index (κ3) is 4.45. The molecule has 1 aliphatic carbocycles. The highest BCUT2D eigenvalue weighted by Gasteiger charge is 2.24. The molecular weight excluding hydrogens is 298 g/mol. The molecule has 24 heavy (non-hydrogen) atoms. The van der Waals surface area contributed by atoms with Gasteiger partial charge in [-0.1, -0.05) is 0 Å². The van der Waals surface area contributed by atoms with Gasteiger partial charge < -0.3 is 15.1 Å². The molecule has 1 saturated heterocycles. The molecule has 0 bridgehead atoms. The first-order valence-corrected chi connectivity index (χ1v) is 9.48. The highest BCUT2D eigenvalue weighted by atomic mass is 15.2. The number of aryl methyl sites for hydroxylation is 2. The molecule has 1 aliphatic heterocycles. The zero-order chi connectivity index (χ0) is 17.2. The van der Waals surface area contributed by atoms with Gasteiger partial charge in [0.2, 0.25) is 0 Å². The Labute approximate surface area is 146 Å². The molecule has 1 aromatic rings. The van der Waals surface area contributed by atoms with E-state index in [0.29, 0.717) is 0 Å². The molecule has 0 aromatic carbocycles. The zero-order valence-electron chi connectivity index (χ0n) is 15.9. The number of likely N-dealkylation sites (N-methyl/N-ethyl adjacent to an activating group) is 1. The predicted octanol–water partition coefficient (Wildman–Crippen LogP) is 2.49. The Morgan fingerprint density at radius 3 is 2.50 bits per heavy atom. The lowest BCUT2D eigenvalue weighted by Gasteiger charge is -2.35. The third-order valence-corrected chi connectivity index (χ3v) is 5.40. The molecule has 0 spiro atoms. The monoisotopic (exact) mass is 331 g/mol. The van der Waals surface area contributed by atoms with Crippen molar-refractivity contribution in [3.05, 3.63) is 17.1 Å². The van der Waals surface area contributed by atoms with Crippen molar-refractivity contribution in [1.82, 2.24) is 19.8 Å². The maximum Gasteiger partial charge on any atom is 0.133 e. The first-order valence-electron chi connectivity index (χ1n) is 9.48. The fourth-order valence-electron chi connectivity index (χ4n) is 3.71. The molecule has 1 N–H and O–H groups in total. The van der Waals surface area contributed by atoms with Gasteiger partial charge in [-0.3, -0.25) is 0 Å². The zero-order valence-corrected chi connectivity index (χ0v) is 15.9. The second-order valence-electron chi connectivity index (χ2n) is 8.16. The quantitative estimate of drug-likeness (QED) is 0.898. The lowest BCUT2D eigenvalue weighted by molar-refractivity contribution is 0.147. The Bertz CT molecular complexity index is 561. The van der Waals surface area contributed by atoms with Gasteiger partial charge in [0.25, 0.3) is 0 Å². The maximum atomic E-state index is 4.73. The summed E-state index contributed by atoms with van der Waals surface area (Å²) in [6, 6.07) is 0. The van der Waals surface area contributed by atoms with Crippen LogP contribution in [0.2, 0.25) is 0 Å². The van der Waals surface area contributed by atoms with Crippen molar-refractivity contribution in [3.63, 3.8) is 0 Å². The molecule has 2 heterocycles. The van der Waals surface area contributed by atoms with Gasteiger partial charge in [0.1, 0.15) is 11.6 Å². The minimum Gasteiger partial charge on any atom is -0.365 e. The number of nitrogens with one attached hydrogen (secondary N) is 1. The van der Waals surface area contributed by atoms with E-state index in [1.807, 2.05) is 6.92 Å². The molecule has 0 atom stereocenters. The number of hydrogen-bond acceptors (Lipinski definition) is 5. The van der Waals surface area contributed by atoms with Crippen LogP contribution in [-0.4, -0.2) is 65.1 Å². The lowest BCUT2D eigenvalue weighted by atomic mass is 9.94. The molecule has 3 rings (SSSR count). The van der Waals surface area contributed by atoms with Crippen LogP contribution in [0.25, 0.3) is 0 Å². The highest BCUT2D eigenvalue weighted by molar-refractivity contribution is 5.49. The minimum absolute atomic E-state index is 0.0510. The summed E-state index contributed by atoms with van der Waals surface area (Å²) < 4.78 is 0. The summed E-state index contributed by atoms with van der Waals surface area (Å²) >= 11 is 0. The molecule has 1 fully saturated rings. The van der Waals surface area contributed by atoms with Gasteiger partial charge in [0.05, 0.1) is 0 Å². The number of hydrogen-bond donors (Lipinski definition) is 1. The van der Waals surface area contributed by atoms with Crippen LogP contribution in [0.3, 0.4) is 0 Å². The van der Waals surface area contributed by atoms with Crippen LogP contribution < -0.4 is 5.32 Å². The Kier molecular flexibility index (Phi) is 5.40. The summed E-state index contributed by atoms with van der Waals surface area (Å²) in [7, 11) is 2.21. The Morgan fingerprint density at radius 1 is 1.04 bits per heavy atom. The highest BCUT2D eigenvalue weighted by Crippen LogP contribution is 2.28. The summed E-state index contributed by atoms with van der Waals surface area (Å²) in [5.41, 5.74) is 2.68. The van der Waals surface area contributed by atoms with Gasteiger partial charge in [-0.05, 0) is 59.9 Å². The van der Waals surface area contributed by atoms with Crippen LogP contribution in [0.15, 0.2) is 0 Å². The molecular formula is C19H33N5. The molecule has 5 heteroatoms. The minimum atomic E-state index is 0.0510. The average Bonchev–Trinajstić information content (AvgIpc) is 2.54. The van der Waals surface area contributed by atoms with E-state index in [2.05, 4.69) is 41.0 Å². The largest absolute Gasteiger partial charge is 0.365 e. The molecule has 2 aliphatic rings. The van der Waals surface area contributed by atoms with Gasteiger partial charge in [-0.15, -0.1) is 0 Å². The topological polar surface area (TPSA) is 44.3 Å². The lowest BCUT2D eigenvalue weighted by Crippen LogP contribution is -2.46. The number of piperazine rings is 1. The van der Waals surface area contributed by atoms with Gasteiger partial charge in [0.15, 0.2) is 0 Å². The SMILES string of the molecule is Cc1nc2c(c(NC(C)(C)CCN3CCN(C)CC3)n1)CCCC2. The van der Waals surface area contributed by atoms with Gasteiger partial charge in [-0.2, -0.15) is 0 Å². The Hall–Kier alpha value is -1.20. The van der Waals surface area contributed by atoms with Crippen molar-refractivity contribution in [2.75, 3.05) is 45.1 Å². The van der Waals surface area contributed by atoms with Crippen molar-refractivity contribution in [3.8, 4) is 0 Å². The Balaban J connectivity index is 1.63. The number of aromatic nitrogens is 2. The van der Waals surface area contributed by atoms with Gasteiger partial charge in [0, 0.05) is 49.5 Å². The van der Waals surface area contributed by atoms with Crippen LogP contribution in [0.5, 0.6) is 0 Å². The van der Waals surface area contributed by atoms with E-state index >= 15 is 0 Å². The summed E-state index contributed by atoms with van der Waals surface area (Å²) in [5, 5.41) is 3.75. The maximum absolute atomic E-state index is 4.73. The first-order chi connectivity index (χ1) is 11.4. The fourth-order valence-corrected chi connectivity index (χ4v) is 3.71. The van der Waals surface area contributed by atoms with Crippen LogP contribution in [0.4, 0.5) is 5.82 Å². The first kappa shape index (κ1) is 17.6. The van der Waals surface area contributed by atoms with Crippen molar-refractivity contribution >= 4 is 5.82 Å². The van der Waals surface area contributed by atoms with Crippen molar-refractivity contribution < 1.29 is 0 Å². The second-order valence-corrected chi connectivity index (χ2v) is 8.16. The predicted molar refractivity (Wildman–Crippen MR) is 99.7 cm³/mol. The van der Waals surface area contributed by atoms with Crippen LogP contribution in [0.1, 0.15) is 50.2 Å². The standard InChI is InChI=1S/C19H33N5/c1-15-20-17-8-6-5-7-16(17)18(21-15)22-19(2,3)9-10-24-13-11-23(4)12-14-24/h5-14H2,1-4H3,(H,20,21,22). The van der Waals surface area contributed by atoms with Crippen molar-refractivity contribution in [1.29, 1.82) is 0 Å². The van der Waals surface area contributed by atoms with Crippen molar-refractivity contribution in [2.45, 2.75) is 58.4 Å². The molecule has 0 amide bonds. The summed E-state index contributed by atoms with van der Waals surface area (Å²) in [4.78, 5) is 14.4. The van der Waals surface area contributed by atoms with E-state index in [-0.39, 0.29) is 5.54 Å².